The van der Waals surface area contributed by atoms with Gasteiger partial charge in [-0.3, -0.25) is 9.97 Å². The predicted molar refractivity (Wildman–Crippen MR) is 57.4 cm³/mol. The number of ether oxygens (including phenoxy) is 1. The van der Waals surface area contributed by atoms with E-state index in [9.17, 15) is 0 Å². The molecule has 1 saturated heterocycles. The summed E-state index contributed by atoms with van der Waals surface area (Å²) in [4.78, 5) is 8.28. The largest absolute Gasteiger partial charge is 0.368 e. The summed E-state index contributed by atoms with van der Waals surface area (Å²) in [5.41, 5.74) is 0.906. The first-order valence-corrected chi connectivity index (χ1v) is 5.48. The van der Waals surface area contributed by atoms with Crippen LogP contribution in [0, 0.1) is 0 Å². The fraction of sp³-hybridized carbons (Fsp3) is 0.636. The first-order chi connectivity index (χ1) is 7.36. The molecule has 1 fully saturated rings. The van der Waals surface area contributed by atoms with E-state index >= 15 is 0 Å². The van der Waals surface area contributed by atoms with E-state index in [1.807, 2.05) is 6.92 Å². The molecule has 0 bridgehead atoms. The molecule has 1 aromatic rings. The minimum absolute atomic E-state index is 0.0311. The van der Waals surface area contributed by atoms with Gasteiger partial charge in [0.25, 0.3) is 0 Å². The Balaban J connectivity index is 1.88. The van der Waals surface area contributed by atoms with E-state index in [1.165, 1.54) is 6.42 Å². The summed E-state index contributed by atoms with van der Waals surface area (Å²) in [5.74, 6) is 0. The number of aromatic nitrogens is 2. The number of piperidine rings is 1. The Morgan fingerprint density at radius 1 is 1.53 bits per heavy atom. The lowest BCUT2D eigenvalue weighted by molar-refractivity contribution is -0.0171. The van der Waals surface area contributed by atoms with E-state index in [2.05, 4.69) is 15.3 Å². The van der Waals surface area contributed by atoms with E-state index in [0.29, 0.717) is 6.10 Å². The fourth-order valence-corrected chi connectivity index (χ4v) is 1.81. The molecule has 1 aliphatic heterocycles. The van der Waals surface area contributed by atoms with Crippen LogP contribution in [-0.4, -0.2) is 29.2 Å². The van der Waals surface area contributed by atoms with Gasteiger partial charge in [0, 0.05) is 18.9 Å². The maximum Gasteiger partial charge on any atom is 0.0986 e. The summed E-state index contributed by atoms with van der Waals surface area (Å²) in [6.45, 7) is 4.09. The molecule has 0 spiro atoms. The molecule has 1 aromatic heterocycles. The van der Waals surface area contributed by atoms with Gasteiger partial charge in [-0.15, -0.1) is 0 Å². The summed E-state index contributed by atoms with van der Waals surface area (Å²) in [5, 5.41) is 3.33. The molecule has 0 unspecified atom stereocenters. The van der Waals surface area contributed by atoms with Gasteiger partial charge in [0.1, 0.15) is 0 Å². The highest BCUT2D eigenvalue weighted by atomic mass is 16.5. The van der Waals surface area contributed by atoms with Gasteiger partial charge < -0.3 is 10.1 Å². The molecule has 1 aliphatic rings. The molecule has 15 heavy (non-hydrogen) atoms. The summed E-state index contributed by atoms with van der Waals surface area (Å²) < 4.78 is 5.91. The van der Waals surface area contributed by atoms with Crippen molar-refractivity contribution in [1.29, 1.82) is 0 Å². The van der Waals surface area contributed by atoms with Crippen molar-refractivity contribution in [2.24, 2.45) is 0 Å². The van der Waals surface area contributed by atoms with Crippen LogP contribution < -0.4 is 5.32 Å². The average Bonchev–Trinajstić information content (AvgIpc) is 2.31. The highest BCUT2D eigenvalue weighted by Gasteiger charge is 2.17. The smallest absolute Gasteiger partial charge is 0.0986 e. The molecule has 2 rings (SSSR count). The van der Waals surface area contributed by atoms with E-state index in [4.69, 9.17) is 4.74 Å². The van der Waals surface area contributed by atoms with Gasteiger partial charge in [-0.2, -0.15) is 0 Å². The first-order valence-electron chi connectivity index (χ1n) is 5.48. The highest BCUT2D eigenvalue weighted by molar-refractivity contribution is 4.98. The monoisotopic (exact) mass is 207 g/mol. The summed E-state index contributed by atoms with van der Waals surface area (Å²) in [7, 11) is 0. The Morgan fingerprint density at radius 2 is 2.47 bits per heavy atom. The summed E-state index contributed by atoms with van der Waals surface area (Å²) in [6, 6.07) is 0. The molecule has 4 nitrogen and oxygen atoms in total. The number of rotatable bonds is 3. The van der Waals surface area contributed by atoms with E-state index in [1.54, 1.807) is 18.6 Å². The standard InChI is InChI=1S/C11H17N3O/c1-9(11-8-13-5-6-14-11)15-10-3-2-4-12-7-10/h5-6,8-10,12H,2-4,7H2,1H3/t9-,10-/m1/s1. The minimum Gasteiger partial charge on any atom is -0.368 e. The predicted octanol–water partition coefficient (Wildman–Crippen LogP) is 1.31. The molecule has 0 aromatic carbocycles. The third-order valence-electron chi connectivity index (χ3n) is 2.65. The van der Waals surface area contributed by atoms with Crippen molar-refractivity contribution >= 4 is 0 Å². The Bertz CT molecular complexity index is 285. The van der Waals surface area contributed by atoms with Gasteiger partial charge in [-0.1, -0.05) is 0 Å². The van der Waals surface area contributed by atoms with Crippen LogP contribution in [0.5, 0.6) is 0 Å². The normalized spacial score (nSPS) is 23.7. The Morgan fingerprint density at radius 3 is 3.13 bits per heavy atom. The van der Waals surface area contributed by atoms with Gasteiger partial charge in [-0.05, 0) is 26.3 Å². The Hall–Kier alpha value is -1.00. The molecule has 1 N–H and O–H groups in total. The Kier molecular flexibility index (Phi) is 3.64. The van der Waals surface area contributed by atoms with Crippen molar-refractivity contribution in [2.75, 3.05) is 13.1 Å². The van der Waals surface area contributed by atoms with Crippen molar-refractivity contribution in [3.8, 4) is 0 Å². The van der Waals surface area contributed by atoms with Crippen LogP contribution in [0.1, 0.15) is 31.6 Å². The maximum atomic E-state index is 5.91. The molecule has 4 heteroatoms. The van der Waals surface area contributed by atoms with Gasteiger partial charge >= 0.3 is 0 Å². The molecule has 82 valence electrons. The van der Waals surface area contributed by atoms with Crippen molar-refractivity contribution in [3.05, 3.63) is 24.3 Å². The number of nitrogens with zero attached hydrogens (tertiary/aromatic N) is 2. The van der Waals surface area contributed by atoms with Gasteiger partial charge in [0.2, 0.25) is 0 Å². The van der Waals surface area contributed by atoms with Crippen molar-refractivity contribution in [1.82, 2.24) is 15.3 Å². The van der Waals surface area contributed by atoms with Gasteiger partial charge in [0.15, 0.2) is 0 Å². The van der Waals surface area contributed by atoms with Crippen molar-refractivity contribution in [3.63, 3.8) is 0 Å². The average molecular weight is 207 g/mol. The van der Waals surface area contributed by atoms with Crippen LogP contribution in [-0.2, 0) is 4.74 Å². The molecule has 0 amide bonds. The molecular formula is C11H17N3O. The number of hydrogen-bond donors (Lipinski definition) is 1. The highest BCUT2D eigenvalue weighted by Crippen LogP contribution is 2.18. The van der Waals surface area contributed by atoms with Crippen LogP contribution in [0.3, 0.4) is 0 Å². The van der Waals surface area contributed by atoms with Crippen LogP contribution >= 0.6 is 0 Å². The zero-order chi connectivity index (χ0) is 10.5. The number of nitrogens with one attached hydrogen (secondary N) is 1. The van der Waals surface area contributed by atoms with Crippen LogP contribution in [0.2, 0.25) is 0 Å². The quantitative estimate of drug-likeness (QED) is 0.811. The maximum absolute atomic E-state index is 5.91. The summed E-state index contributed by atoms with van der Waals surface area (Å²) >= 11 is 0. The van der Waals surface area contributed by atoms with Gasteiger partial charge in [0.05, 0.1) is 24.1 Å². The van der Waals surface area contributed by atoms with E-state index in [-0.39, 0.29) is 6.10 Å². The zero-order valence-electron chi connectivity index (χ0n) is 9.02. The lowest BCUT2D eigenvalue weighted by Crippen LogP contribution is -2.35. The second-order valence-corrected chi connectivity index (χ2v) is 3.88. The van der Waals surface area contributed by atoms with Crippen LogP contribution in [0.4, 0.5) is 0 Å². The van der Waals surface area contributed by atoms with Crippen molar-refractivity contribution in [2.45, 2.75) is 32.0 Å². The van der Waals surface area contributed by atoms with Crippen molar-refractivity contribution < 1.29 is 4.74 Å². The SMILES string of the molecule is C[C@@H](O[C@@H]1CCCNC1)c1cnccn1. The first kappa shape index (κ1) is 10.5. The fourth-order valence-electron chi connectivity index (χ4n) is 1.81. The molecule has 0 aliphatic carbocycles. The third kappa shape index (κ3) is 2.97. The third-order valence-corrected chi connectivity index (χ3v) is 2.65. The summed E-state index contributed by atoms with van der Waals surface area (Å²) in [6.07, 6.45) is 7.82. The van der Waals surface area contributed by atoms with E-state index in [0.717, 1.165) is 25.2 Å². The molecule has 0 radical (unpaired) electrons. The zero-order valence-corrected chi connectivity index (χ0v) is 9.02. The molecule has 2 atom stereocenters. The van der Waals surface area contributed by atoms with Crippen LogP contribution in [0.25, 0.3) is 0 Å². The number of hydrogen-bond acceptors (Lipinski definition) is 4. The van der Waals surface area contributed by atoms with E-state index < -0.39 is 0 Å². The Labute approximate surface area is 90.1 Å². The second kappa shape index (κ2) is 5.19. The minimum atomic E-state index is 0.0311. The van der Waals surface area contributed by atoms with Crippen LogP contribution in [0.15, 0.2) is 18.6 Å². The molecular weight excluding hydrogens is 190 g/mol. The van der Waals surface area contributed by atoms with Gasteiger partial charge in [-0.25, -0.2) is 0 Å². The molecule has 2 heterocycles. The second-order valence-electron chi connectivity index (χ2n) is 3.88. The topological polar surface area (TPSA) is 47.0 Å². The lowest BCUT2D eigenvalue weighted by atomic mass is 10.1. The lowest BCUT2D eigenvalue weighted by Gasteiger charge is -2.26. The molecule has 0 saturated carbocycles.